The molecular formula is C21H22INO2. The van der Waals surface area contributed by atoms with Gasteiger partial charge in [-0.15, -0.1) is 6.58 Å². The van der Waals surface area contributed by atoms with Gasteiger partial charge in [-0.1, -0.05) is 18.2 Å². The Morgan fingerprint density at radius 3 is 2.24 bits per heavy atom. The van der Waals surface area contributed by atoms with Crippen LogP contribution < -0.4 is 4.74 Å². The fraction of sp³-hybridized carbons (Fsp3) is 0.190. The van der Waals surface area contributed by atoms with Crippen molar-refractivity contribution in [2.24, 2.45) is 0 Å². The second-order valence-corrected chi connectivity index (χ2v) is 6.90. The van der Waals surface area contributed by atoms with E-state index in [2.05, 4.69) is 40.1 Å². The maximum Gasteiger partial charge on any atom is 0.193 e. The summed E-state index contributed by atoms with van der Waals surface area (Å²) >= 11 is 2.22. The summed E-state index contributed by atoms with van der Waals surface area (Å²) in [6.07, 6.45) is 5.94. The van der Waals surface area contributed by atoms with Crippen LogP contribution in [-0.4, -0.2) is 37.4 Å². The van der Waals surface area contributed by atoms with Crippen molar-refractivity contribution in [2.75, 3.05) is 26.7 Å². The molecule has 0 atom stereocenters. The highest BCUT2D eigenvalue weighted by Gasteiger charge is 2.08. The fourth-order valence-electron chi connectivity index (χ4n) is 2.23. The Labute approximate surface area is 163 Å². The molecule has 2 aromatic rings. The predicted octanol–water partition coefficient (Wildman–Crippen LogP) is 4.58. The average molecular weight is 447 g/mol. The number of hydrogen-bond donors (Lipinski definition) is 0. The van der Waals surface area contributed by atoms with Crippen LogP contribution in [0.3, 0.4) is 0 Å². The van der Waals surface area contributed by atoms with Crippen LogP contribution >= 0.6 is 22.6 Å². The monoisotopic (exact) mass is 447 g/mol. The zero-order chi connectivity index (χ0) is 18.1. The topological polar surface area (TPSA) is 29.5 Å². The number of ether oxygens (including phenoxy) is 1. The number of halogens is 1. The third-order valence-electron chi connectivity index (χ3n) is 3.59. The smallest absolute Gasteiger partial charge is 0.193 e. The molecular weight excluding hydrogens is 425 g/mol. The standard InChI is InChI=1S/C21H22INO2/c1-3-14-23(2)15-4-5-16-25-20-12-8-18(9-13-20)21(24)17-6-10-19(22)11-7-17/h3-13H,1,14-16H2,2H3. The highest BCUT2D eigenvalue weighted by molar-refractivity contribution is 14.1. The first kappa shape index (κ1) is 19.4. The summed E-state index contributed by atoms with van der Waals surface area (Å²) < 4.78 is 6.78. The minimum atomic E-state index is 0.0214. The molecule has 0 heterocycles. The lowest BCUT2D eigenvalue weighted by Gasteiger charge is -2.10. The van der Waals surface area contributed by atoms with E-state index < -0.39 is 0 Å². The Balaban J connectivity index is 1.85. The third-order valence-corrected chi connectivity index (χ3v) is 4.31. The highest BCUT2D eigenvalue weighted by Crippen LogP contribution is 2.16. The van der Waals surface area contributed by atoms with Crippen molar-refractivity contribution >= 4 is 28.4 Å². The van der Waals surface area contributed by atoms with Crippen molar-refractivity contribution in [1.82, 2.24) is 4.90 Å². The summed E-state index contributed by atoms with van der Waals surface area (Å²) in [4.78, 5) is 14.6. The highest BCUT2D eigenvalue weighted by atomic mass is 127. The summed E-state index contributed by atoms with van der Waals surface area (Å²) in [5, 5.41) is 0. The minimum absolute atomic E-state index is 0.0214. The Morgan fingerprint density at radius 1 is 1.04 bits per heavy atom. The molecule has 0 fully saturated rings. The van der Waals surface area contributed by atoms with Gasteiger partial charge in [0.15, 0.2) is 5.78 Å². The largest absolute Gasteiger partial charge is 0.490 e. The molecule has 0 saturated carbocycles. The number of carbonyl (C=O) groups is 1. The second kappa shape index (κ2) is 10.2. The number of likely N-dealkylation sites (N-methyl/N-ethyl adjacent to an activating group) is 1. The van der Waals surface area contributed by atoms with Gasteiger partial charge in [-0.05, 0) is 78.2 Å². The van der Waals surface area contributed by atoms with Gasteiger partial charge in [-0.25, -0.2) is 0 Å². The van der Waals surface area contributed by atoms with Gasteiger partial charge in [0.2, 0.25) is 0 Å². The first-order chi connectivity index (χ1) is 12.1. The molecule has 0 aliphatic rings. The zero-order valence-corrected chi connectivity index (χ0v) is 16.5. The molecule has 130 valence electrons. The van der Waals surface area contributed by atoms with E-state index in [1.807, 2.05) is 55.6 Å². The van der Waals surface area contributed by atoms with E-state index in [0.717, 1.165) is 22.4 Å². The van der Waals surface area contributed by atoms with Gasteiger partial charge in [-0.2, -0.15) is 0 Å². The lowest BCUT2D eigenvalue weighted by molar-refractivity contribution is 0.103. The van der Waals surface area contributed by atoms with E-state index in [1.54, 1.807) is 12.1 Å². The van der Waals surface area contributed by atoms with Crippen LogP contribution in [0.2, 0.25) is 0 Å². The van der Waals surface area contributed by atoms with Crippen molar-refractivity contribution in [1.29, 1.82) is 0 Å². The molecule has 3 nitrogen and oxygen atoms in total. The molecule has 0 bridgehead atoms. The molecule has 0 amide bonds. The molecule has 0 unspecified atom stereocenters. The van der Waals surface area contributed by atoms with E-state index >= 15 is 0 Å². The number of ketones is 1. The van der Waals surface area contributed by atoms with Gasteiger partial charge >= 0.3 is 0 Å². The van der Waals surface area contributed by atoms with E-state index in [-0.39, 0.29) is 5.78 Å². The van der Waals surface area contributed by atoms with Gasteiger partial charge in [0.1, 0.15) is 12.4 Å². The molecule has 0 aliphatic carbocycles. The molecule has 0 saturated heterocycles. The van der Waals surface area contributed by atoms with Gasteiger partial charge in [0, 0.05) is 27.8 Å². The van der Waals surface area contributed by atoms with Crippen molar-refractivity contribution in [3.05, 3.63) is 88.0 Å². The Bertz CT molecular complexity index is 721. The normalized spacial score (nSPS) is 11.0. The van der Waals surface area contributed by atoms with Gasteiger partial charge < -0.3 is 4.74 Å². The maximum atomic E-state index is 12.4. The first-order valence-electron chi connectivity index (χ1n) is 8.07. The third kappa shape index (κ3) is 6.48. The quantitative estimate of drug-likeness (QED) is 0.320. The predicted molar refractivity (Wildman–Crippen MR) is 111 cm³/mol. The molecule has 25 heavy (non-hydrogen) atoms. The van der Waals surface area contributed by atoms with Crippen molar-refractivity contribution in [3.63, 3.8) is 0 Å². The van der Waals surface area contributed by atoms with Crippen LogP contribution in [-0.2, 0) is 0 Å². The maximum absolute atomic E-state index is 12.4. The van der Waals surface area contributed by atoms with E-state index in [9.17, 15) is 4.79 Å². The Kier molecular flexibility index (Phi) is 7.88. The number of hydrogen-bond acceptors (Lipinski definition) is 3. The van der Waals surface area contributed by atoms with E-state index in [1.165, 1.54) is 0 Å². The first-order valence-corrected chi connectivity index (χ1v) is 9.15. The van der Waals surface area contributed by atoms with Crippen LogP contribution in [0.15, 0.2) is 73.3 Å². The number of rotatable bonds is 9. The molecule has 0 radical (unpaired) electrons. The molecule has 0 N–H and O–H groups in total. The van der Waals surface area contributed by atoms with Crippen LogP contribution in [0.4, 0.5) is 0 Å². The number of nitrogens with zero attached hydrogens (tertiary/aromatic N) is 1. The SMILES string of the molecule is C=CCN(C)CC=CCOc1ccc(C(=O)c2ccc(I)cc2)cc1. The lowest BCUT2D eigenvalue weighted by atomic mass is 10.0. The fourth-order valence-corrected chi connectivity index (χ4v) is 2.59. The summed E-state index contributed by atoms with van der Waals surface area (Å²) in [5.41, 5.74) is 1.36. The van der Waals surface area contributed by atoms with Gasteiger partial charge in [0.05, 0.1) is 0 Å². The Hall–Kier alpha value is -1.92. The Morgan fingerprint density at radius 2 is 1.64 bits per heavy atom. The molecule has 4 heteroatoms. The number of benzene rings is 2. The lowest BCUT2D eigenvalue weighted by Crippen LogP contribution is -2.17. The second-order valence-electron chi connectivity index (χ2n) is 5.65. The summed E-state index contributed by atoms with van der Waals surface area (Å²) in [5.74, 6) is 0.774. The van der Waals surface area contributed by atoms with Crippen molar-refractivity contribution in [2.45, 2.75) is 0 Å². The van der Waals surface area contributed by atoms with E-state index in [0.29, 0.717) is 17.7 Å². The van der Waals surface area contributed by atoms with Crippen molar-refractivity contribution in [3.8, 4) is 5.75 Å². The summed E-state index contributed by atoms with van der Waals surface area (Å²) in [6, 6.07) is 14.8. The average Bonchev–Trinajstić information content (AvgIpc) is 2.62. The number of carbonyl (C=O) groups excluding carboxylic acids is 1. The molecule has 0 aliphatic heterocycles. The molecule has 0 spiro atoms. The van der Waals surface area contributed by atoms with Crippen molar-refractivity contribution < 1.29 is 9.53 Å². The minimum Gasteiger partial charge on any atom is -0.490 e. The zero-order valence-electron chi connectivity index (χ0n) is 14.3. The summed E-state index contributed by atoms with van der Waals surface area (Å²) in [7, 11) is 2.04. The molecule has 2 rings (SSSR count). The van der Waals surface area contributed by atoms with Gasteiger partial charge in [-0.3, -0.25) is 9.69 Å². The van der Waals surface area contributed by atoms with Gasteiger partial charge in [0.25, 0.3) is 0 Å². The molecule has 0 aromatic heterocycles. The molecule has 2 aromatic carbocycles. The van der Waals surface area contributed by atoms with Crippen LogP contribution in [0, 0.1) is 3.57 Å². The van der Waals surface area contributed by atoms with Crippen LogP contribution in [0.1, 0.15) is 15.9 Å². The van der Waals surface area contributed by atoms with E-state index in [4.69, 9.17) is 4.74 Å². The summed E-state index contributed by atoms with van der Waals surface area (Å²) in [6.45, 7) is 5.94. The van der Waals surface area contributed by atoms with Crippen LogP contribution in [0.5, 0.6) is 5.75 Å². The van der Waals surface area contributed by atoms with Crippen LogP contribution in [0.25, 0.3) is 0 Å².